The molecular weight excluding hydrogens is 204 g/mol. The van der Waals surface area contributed by atoms with Gasteiger partial charge in [-0.05, 0) is 0 Å². The van der Waals surface area contributed by atoms with Crippen molar-refractivity contribution in [3.8, 4) is 0 Å². The first kappa shape index (κ1) is 9.58. The normalized spacial score (nSPS) is 12.0. The Morgan fingerprint density at radius 1 is 1.11 bits per heavy atom. The molecule has 0 unspecified atom stereocenters. The Balaban J connectivity index is 3.82. The Morgan fingerprint density at radius 3 is 1.44 bits per heavy atom. The smallest absolute Gasteiger partial charge is 0.376 e. The van der Waals surface area contributed by atoms with Crippen molar-refractivity contribution in [2.75, 3.05) is 26.3 Å². The summed E-state index contributed by atoms with van der Waals surface area (Å²) in [6.07, 6.45) is 0. The molecule has 0 fully saturated rings. The van der Waals surface area contributed by atoms with Gasteiger partial charge < -0.3 is 13.3 Å². The van der Waals surface area contributed by atoms with Crippen LogP contribution in [0.5, 0.6) is 0 Å². The minimum Gasteiger partial charge on any atom is -0.376 e. The molecule has 0 saturated carbocycles. The molecule has 9 heavy (non-hydrogen) atoms. The molecule has 0 saturated heterocycles. The summed E-state index contributed by atoms with van der Waals surface area (Å²) in [5.74, 6) is 0. The van der Waals surface area contributed by atoms with E-state index in [4.69, 9.17) is 13.3 Å². The van der Waals surface area contributed by atoms with Gasteiger partial charge in [0.2, 0.25) is 0 Å². The topological polar surface area (TPSA) is 27.7 Å². The number of rotatable bonds is 4. The van der Waals surface area contributed by atoms with Crippen LogP contribution >= 0.6 is 15.9 Å². The Kier molecular flexibility index (Phi) is 4.68. The first-order valence-corrected chi connectivity index (χ1v) is 5.51. The minimum atomic E-state index is -2.27. The molecule has 0 rings (SSSR count). The molecule has 0 atom stereocenters. The molecule has 0 spiro atoms. The highest BCUT2D eigenvalue weighted by Gasteiger charge is 2.35. The number of hydrogen-bond acceptors (Lipinski definition) is 3. The van der Waals surface area contributed by atoms with Crippen molar-refractivity contribution in [3.63, 3.8) is 0 Å². The fourth-order valence-corrected chi connectivity index (χ4v) is 3.30. The van der Waals surface area contributed by atoms with Gasteiger partial charge in [0.1, 0.15) is 0 Å². The highest BCUT2D eigenvalue weighted by Crippen LogP contribution is 2.08. The molecule has 0 aliphatic rings. The lowest BCUT2D eigenvalue weighted by Gasteiger charge is -2.21. The van der Waals surface area contributed by atoms with E-state index in [0.717, 1.165) is 0 Å². The molecule has 0 N–H and O–H groups in total. The van der Waals surface area contributed by atoms with Crippen molar-refractivity contribution in [1.29, 1.82) is 0 Å². The van der Waals surface area contributed by atoms with Crippen LogP contribution in [0, 0.1) is 0 Å². The van der Waals surface area contributed by atoms with Gasteiger partial charge in [-0.15, -0.1) is 0 Å². The largest absolute Gasteiger partial charge is 0.511 e. The van der Waals surface area contributed by atoms with Crippen LogP contribution in [-0.4, -0.2) is 35.1 Å². The molecule has 0 aromatic rings. The molecule has 0 amide bonds. The van der Waals surface area contributed by atoms with Crippen LogP contribution < -0.4 is 0 Å². The monoisotopic (exact) mass is 214 g/mol. The average molecular weight is 215 g/mol. The van der Waals surface area contributed by atoms with Crippen molar-refractivity contribution in [1.82, 2.24) is 0 Å². The second kappa shape index (κ2) is 4.40. The summed E-state index contributed by atoms with van der Waals surface area (Å²) in [5, 5.41) is 0. The standard InChI is InChI=1S/C4H11BrO3Si/c1-6-9(4-5,7-2)8-3/h4H2,1-3H3. The van der Waals surface area contributed by atoms with Crippen molar-refractivity contribution in [2.24, 2.45) is 0 Å². The highest BCUT2D eigenvalue weighted by atomic mass is 79.9. The zero-order valence-corrected chi connectivity index (χ0v) is 8.40. The number of halogens is 1. The van der Waals surface area contributed by atoms with E-state index in [1.807, 2.05) is 0 Å². The van der Waals surface area contributed by atoms with Gasteiger partial charge in [0.15, 0.2) is 0 Å². The maximum Gasteiger partial charge on any atom is 0.511 e. The molecule has 0 radical (unpaired) electrons. The van der Waals surface area contributed by atoms with Crippen molar-refractivity contribution in [3.05, 3.63) is 0 Å². The summed E-state index contributed by atoms with van der Waals surface area (Å²) in [6.45, 7) is 0. The van der Waals surface area contributed by atoms with Crippen LogP contribution in [0.4, 0.5) is 0 Å². The van der Waals surface area contributed by atoms with E-state index < -0.39 is 8.80 Å². The van der Waals surface area contributed by atoms with Crippen LogP contribution in [0.1, 0.15) is 0 Å². The van der Waals surface area contributed by atoms with Gasteiger partial charge in [-0.2, -0.15) is 0 Å². The van der Waals surface area contributed by atoms with E-state index in [2.05, 4.69) is 15.9 Å². The third kappa shape index (κ3) is 2.35. The van der Waals surface area contributed by atoms with E-state index in [0.29, 0.717) is 4.95 Å². The highest BCUT2D eigenvalue weighted by molar-refractivity contribution is 9.09. The summed E-state index contributed by atoms with van der Waals surface area (Å²) in [5.41, 5.74) is 0. The summed E-state index contributed by atoms with van der Waals surface area (Å²) in [4.78, 5) is 0.628. The van der Waals surface area contributed by atoms with Gasteiger partial charge in [-0.25, -0.2) is 0 Å². The molecule has 0 aliphatic heterocycles. The van der Waals surface area contributed by atoms with Gasteiger partial charge in [-0.1, -0.05) is 15.9 Å². The lowest BCUT2D eigenvalue weighted by molar-refractivity contribution is 0.131. The Morgan fingerprint density at radius 2 is 1.44 bits per heavy atom. The van der Waals surface area contributed by atoms with Crippen LogP contribution in [0.2, 0.25) is 0 Å². The van der Waals surface area contributed by atoms with Gasteiger partial charge in [0.25, 0.3) is 0 Å². The maximum atomic E-state index is 5.03. The van der Waals surface area contributed by atoms with Gasteiger partial charge >= 0.3 is 8.80 Å². The van der Waals surface area contributed by atoms with E-state index in [1.54, 1.807) is 21.3 Å². The van der Waals surface area contributed by atoms with Crippen molar-refractivity contribution in [2.45, 2.75) is 0 Å². The minimum absolute atomic E-state index is 0.628. The van der Waals surface area contributed by atoms with Gasteiger partial charge in [-0.3, -0.25) is 0 Å². The lowest BCUT2D eigenvalue weighted by Crippen LogP contribution is -2.45. The first-order chi connectivity index (χ1) is 4.24. The van der Waals surface area contributed by atoms with Crippen LogP contribution in [-0.2, 0) is 13.3 Å². The van der Waals surface area contributed by atoms with Crippen molar-refractivity contribution < 1.29 is 13.3 Å². The third-order valence-electron chi connectivity index (χ3n) is 1.10. The second-order valence-corrected chi connectivity index (χ2v) is 5.97. The zero-order valence-electron chi connectivity index (χ0n) is 5.81. The fourth-order valence-electron chi connectivity index (χ4n) is 0.414. The third-order valence-corrected chi connectivity index (χ3v) is 5.35. The van der Waals surface area contributed by atoms with Crippen molar-refractivity contribution >= 4 is 24.7 Å². The van der Waals surface area contributed by atoms with E-state index >= 15 is 0 Å². The van der Waals surface area contributed by atoms with Gasteiger partial charge in [0.05, 0.1) is 4.95 Å². The van der Waals surface area contributed by atoms with E-state index in [9.17, 15) is 0 Å². The maximum absolute atomic E-state index is 5.03. The van der Waals surface area contributed by atoms with Crippen LogP contribution in [0.15, 0.2) is 0 Å². The fraction of sp³-hybridized carbons (Fsp3) is 1.00. The molecular formula is C4H11BrO3Si. The Hall–Kier alpha value is 0.577. The van der Waals surface area contributed by atoms with Gasteiger partial charge in [0, 0.05) is 21.3 Å². The number of alkyl halides is 1. The summed E-state index contributed by atoms with van der Waals surface area (Å²) >= 11 is 3.24. The predicted octanol–water partition coefficient (Wildman–Crippen LogP) is 0.799. The molecule has 0 heterocycles. The molecule has 3 nitrogen and oxygen atoms in total. The van der Waals surface area contributed by atoms with Crippen LogP contribution in [0.25, 0.3) is 0 Å². The Labute approximate surface area is 64.8 Å². The predicted molar refractivity (Wildman–Crippen MR) is 40.6 cm³/mol. The zero-order chi connectivity index (χ0) is 7.33. The van der Waals surface area contributed by atoms with Crippen LogP contribution in [0.3, 0.4) is 0 Å². The molecule has 5 heteroatoms. The molecule has 0 aromatic heterocycles. The summed E-state index contributed by atoms with van der Waals surface area (Å²) in [7, 11) is 2.48. The molecule has 0 aromatic carbocycles. The molecule has 0 bridgehead atoms. The summed E-state index contributed by atoms with van der Waals surface area (Å²) in [6, 6.07) is 0. The first-order valence-electron chi connectivity index (χ1n) is 2.46. The van der Waals surface area contributed by atoms with E-state index in [-0.39, 0.29) is 0 Å². The average Bonchev–Trinajstić information content (AvgIpc) is 1.95. The summed E-state index contributed by atoms with van der Waals surface area (Å²) < 4.78 is 15.1. The SMILES string of the molecule is CO[Si](CBr)(OC)OC. The molecule has 56 valence electrons. The molecule has 0 aliphatic carbocycles. The number of hydrogen-bond donors (Lipinski definition) is 0. The Bertz CT molecular complexity index is 58.7. The quantitative estimate of drug-likeness (QED) is 0.512. The second-order valence-electron chi connectivity index (χ2n) is 1.43. The van der Waals surface area contributed by atoms with E-state index in [1.165, 1.54) is 0 Å². The lowest BCUT2D eigenvalue weighted by atomic mass is 11.8.